The van der Waals surface area contributed by atoms with Crippen LogP contribution in [0.25, 0.3) is 88.0 Å². The van der Waals surface area contributed by atoms with E-state index in [1.54, 1.807) is 0 Å². The van der Waals surface area contributed by atoms with Crippen LogP contribution in [0.5, 0.6) is 0 Å². The largest absolute Gasteiger partial charge is 0.310 e. The van der Waals surface area contributed by atoms with E-state index in [1.807, 2.05) is 83.8 Å². The standard InChI is InChI=1S/C60H41N/c1-2-15-49(16-3-1)60-58-22-9-7-14-47(58)34-39-59(60)48-32-37-54(38-33-48)61(55-20-10-19-52(41-55)57-23-11-18-46-13-6-8-21-56(46)57)53-35-30-44(31-36-53)43-24-26-45(27-25-43)51-29-28-42-12-4-5-17-50(42)40-51/h1-41H/i30D,31D,35D,36D. The van der Waals surface area contributed by atoms with Crippen molar-refractivity contribution in [1.29, 1.82) is 0 Å². The van der Waals surface area contributed by atoms with E-state index in [-0.39, 0.29) is 35.4 Å². The maximum absolute atomic E-state index is 9.68. The van der Waals surface area contributed by atoms with E-state index in [9.17, 15) is 5.48 Å². The van der Waals surface area contributed by atoms with Gasteiger partial charge < -0.3 is 4.90 Å². The van der Waals surface area contributed by atoms with Crippen LogP contribution in [0.2, 0.25) is 0 Å². The molecular weight excluding hydrogens is 735 g/mol. The van der Waals surface area contributed by atoms with Crippen molar-refractivity contribution in [2.75, 3.05) is 4.90 Å². The number of hydrogen-bond donors (Lipinski definition) is 0. The van der Waals surface area contributed by atoms with Crippen molar-refractivity contribution in [3.05, 3.63) is 249 Å². The van der Waals surface area contributed by atoms with Crippen LogP contribution >= 0.6 is 0 Å². The minimum absolute atomic E-state index is 0.102. The molecule has 0 fully saturated rings. The topological polar surface area (TPSA) is 3.24 Å². The van der Waals surface area contributed by atoms with Crippen molar-refractivity contribution in [3.63, 3.8) is 0 Å². The molecule has 0 amide bonds. The van der Waals surface area contributed by atoms with Crippen molar-refractivity contribution in [2.24, 2.45) is 0 Å². The van der Waals surface area contributed by atoms with Crippen molar-refractivity contribution >= 4 is 49.4 Å². The third-order valence-corrected chi connectivity index (χ3v) is 11.7. The van der Waals surface area contributed by atoms with Gasteiger partial charge in [0.1, 0.15) is 0 Å². The van der Waals surface area contributed by atoms with E-state index in [0.717, 1.165) is 66.1 Å². The Bertz CT molecular complexity index is 3550. The lowest BCUT2D eigenvalue weighted by Gasteiger charge is -2.27. The van der Waals surface area contributed by atoms with E-state index in [0.29, 0.717) is 16.9 Å². The van der Waals surface area contributed by atoms with Gasteiger partial charge in [-0.3, -0.25) is 0 Å². The van der Waals surface area contributed by atoms with Gasteiger partial charge in [-0.2, -0.15) is 0 Å². The molecule has 0 heterocycles. The van der Waals surface area contributed by atoms with Crippen molar-refractivity contribution in [2.45, 2.75) is 0 Å². The smallest absolute Gasteiger partial charge is 0.0645 e. The summed E-state index contributed by atoms with van der Waals surface area (Å²) >= 11 is 0. The Hall–Kier alpha value is -8.00. The molecule has 61 heavy (non-hydrogen) atoms. The monoisotopic (exact) mass is 779 g/mol. The Morgan fingerprint density at radius 2 is 0.820 bits per heavy atom. The highest BCUT2D eigenvalue weighted by Crippen LogP contribution is 2.42. The van der Waals surface area contributed by atoms with Crippen molar-refractivity contribution in [3.8, 4) is 55.6 Å². The number of nitrogens with zero attached hydrogens (tertiary/aromatic N) is 1. The molecular formula is C60H41N. The normalized spacial score (nSPS) is 12.2. The Balaban J connectivity index is 1.05. The molecule has 0 aliphatic heterocycles. The molecule has 11 aromatic carbocycles. The second-order valence-corrected chi connectivity index (χ2v) is 15.4. The molecule has 0 spiro atoms. The van der Waals surface area contributed by atoms with Gasteiger partial charge in [0.15, 0.2) is 0 Å². The van der Waals surface area contributed by atoms with Crippen LogP contribution in [0.1, 0.15) is 5.48 Å². The summed E-state index contributed by atoms with van der Waals surface area (Å²) in [4.78, 5) is 1.88. The van der Waals surface area contributed by atoms with Gasteiger partial charge in [0, 0.05) is 17.1 Å². The third kappa shape index (κ3) is 6.93. The summed E-state index contributed by atoms with van der Waals surface area (Å²) in [5, 5.41) is 6.90. The summed E-state index contributed by atoms with van der Waals surface area (Å²) in [6, 6.07) is 76.2. The highest BCUT2D eigenvalue weighted by atomic mass is 15.1. The zero-order valence-corrected chi connectivity index (χ0v) is 33.3. The molecule has 0 saturated heterocycles. The molecule has 0 aromatic heterocycles. The number of hydrogen-bond acceptors (Lipinski definition) is 1. The fraction of sp³-hybridized carbons (Fsp3) is 0. The Kier molecular flexibility index (Phi) is 8.18. The molecule has 0 unspecified atom stereocenters. The van der Waals surface area contributed by atoms with Crippen LogP contribution in [0, 0.1) is 0 Å². The Morgan fingerprint density at radius 3 is 1.59 bits per heavy atom. The second-order valence-electron chi connectivity index (χ2n) is 15.4. The van der Waals surface area contributed by atoms with Gasteiger partial charge in [0.25, 0.3) is 0 Å². The van der Waals surface area contributed by atoms with E-state index in [2.05, 4.69) is 146 Å². The average Bonchev–Trinajstić information content (AvgIpc) is 3.37. The van der Waals surface area contributed by atoms with Gasteiger partial charge in [-0.25, -0.2) is 0 Å². The molecule has 0 N–H and O–H groups in total. The third-order valence-electron chi connectivity index (χ3n) is 11.7. The highest BCUT2D eigenvalue weighted by Gasteiger charge is 2.17. The van der Waals surface area contributed by atoms with E-state index < -0.39 is 0 Å². The molecule has 286 valence electrons. The minimum atomic E-state index is -0.125. The van der Waals surface area contributed by atoms with E-state index in [1.165, 1.54) is 10.8 Å². The van der Waals surface area contributed by atoms with E-state index in [4.69, 9.17) is 0 Å². The first kappa shape index (κ1) is 31.9. The molecule has 11 aromatic rings. The predicted molar refractivity (Wildman–Crippen MR) is 261 cm³/mol. The molecule has 0 aliphatic carbocycles. The van der Waals surface area contributed by atoms with Crippen LogP contribution in [0.3, 0.4) is 0 Å². The van der Waals surface area contributed by atoms with Gasteiger partial charge in [0.2, 0.25) is 0 Å². The molecule has 1 heteroatoms. The summed E-state index contributed by atoms with van der Waals surface area (Å²) in [6.45, 7) is 0. The number of rotatable bonds is 8. The summed E-state index contributed by atoms with van der Waals surface area (Å²) in [5.74, 6) is 0. The summed E-state index contributed by atoms with van der Waals surface area (Å²) in [6.07, 6.45) is 0. The van der Waals surface area contributed by atoms with Gasteiger partial charge >= 0.3 is 0 Å². The second kappa shape index (κ2) is 15.6. The van der Waals surface area contributed by atoms with Crippen LogP contribution in [0.15, 0.2) is 249 Å². The zero-order chi connectivity index (χ0) is 44.0. The minimum Gasteiger partial charge on any atom is -0.310 e. The van der Waals surface area contributed by atoms with Crippen LogP contribution in [-0.2, 0) is 0 Å². The SMILES string of the molecule is [2H]c1c([2H])c(N(c2ccc(-c3ccc4ccccc4c3-c3ccccc3)cc2)c2cccc(-c3cccc4ccccc34)c2)c([2H])c([2H])c1-c1ccc(-c2ccc3ccccc3c2)cc1. The fourth-order valence-corrected chi connectivity index (χ4v) is 8.68. The van der Waals surface area contributed by atoms with Crippen molar-refractivity contribution < 1.29 is 5.48 Å². The Labute approximate surface area is 362 Å². The van der Waals surface area contributed by atoms with Gasteiger partial charge in [-0.05, 0) is 130 Å². The molecule has 0 bridgehead atoms. The molecule has 0 aliphatic rings. The predicted octanol–water partition coefficient (Wildman–Crippen LogP) is 17.0. The summed E-state index contributed by atoms with van der Waals surface area (Å²) < 4.78 is 38.4. The number of anilines is 3. The molecule has 0 atom stereocenters. The lowest BCUT2D eigenvalue weighted by Crippen LogP contribution is -2.10. The maximum atomic E-state index is 9.68. The van der Waals surface area contributed by atoms with Crippen LogP contribution in [0.4, 0.5) is 17.1 Å². The molecule has 11 rings (SSSR count). The maximum Gasteiger partial charge on any atom is 0.0645 e. The van der Waals surface area contributed by atoms with Crippen LogP contribution < -0.4 is 4.90 Å². The summed E-state index contributed by atoms with van der Waals surface area (Å²) in [5.41, 5.74) is 11.0. The molecule has 1 nitrogen and oxygen atoms in total. The quantitative estimate of drug-likeness (QED) is 0.148. The number of benzene rings is 11. The van der Waals surface area contributed by atoms with Gasteiger partial charge in [0.05, 0.1) is 5.48 Å². The highest BCUT2D eigenvalue weighted by molar-refractivity contribution is 6.04. The molecule has 0 radical (unpaired) electrons. The first-order valence-electron chi connectivity index (χ1n) is 22.7. The summed E-state index contributed by atoms with van der Waals surface area (Å²) in [7, 11) is 0. The molecule has 0 saturated carbocycles. The zero-order valence-electron chi connectivity index (χ0n) is 37.3. The fourth-order valence-electron chi connectivity index (χ4n) is 8.68. The first-order valence-corrected chi connectivity index (χ1v) is 20.7. The lowest BCUT2D eigenvalue weighted by molar-refractivity contribution is 1.28. The van der Waals surface area contributed by atoms with Crippen molar-refractivity contribution in [1.82, 2.24) is 0 Å². The van der Waals surface area contributed by atoms with Gasteiger partial charge in [-0.1, -0.05) is 206 Å². The lowest BCUT2D eigenvalue weighted by atomic mass is 9.90. The van der Waals surface area contributed by atoms with E-state index >= 15 is 0 Å². The van der Waals surface area contributed by atoms with Crippen LogP contribution in [-0.4, -0.2) is 0 Å². The van der Waals surface area contributed by atoms with Gasteiger partial charge in [-0.15, -0.1) is 0 Å². The average molecular weight is 780 g/mol. The first-order chi connectivity index (χ1) is 31.9. The number of fused-ring (bicyclic) bond motifs is 3. The Morgan fingerprint density at radius 1 is 0.262 bits per heavy atom.